The topological polar surface area (TPSA) is 91.2 Å². The van der Waals surface area contributed by atoms with Gasteiger partial charge in [-0.15, -0.1) is 5.10 Å². The van der Waals surface area contributed by atoms with Gasteiger partial charge in [0.15, 0.2) is 0 Å². The van der Waals surface area contributed by atoms with E-state index in [9.17, 15) is 4.79 Å². The third-order valence-corrected chi connectivity index (χ3v) is 3.88. The molecule has 140 valence electrons. The highest BCUT2D eigenvalue weighted by Crippen LogP contribution is 2.27. The fourth-order valence-corrected chi connectivity index (χ4v) is 2.53. The Morgan fingerprint density at radius 1 is 1.19 bits per heavy atom. The Hall–Kier alpha value is -3.42. The number of rotatable bonds is 6. The lowest BCUT2D eigenvalue weighted by Gasteiger charge is -2.16. The first-order chi connectivity index (χ1) is 13.0. The molecule has 27 heavy (non-hydrogen) atoms. The van der Waals surface area contributed by atoms with Gasteiger partial charge in [0, 0.05) is 11.8 Å². The number of methoxy groups -OCH3 is 1. The lowest BCUT2D eigenvalue weighted by atomic mass is 10.1. The molecule has 1 heterocycles. The largest absolute Gasteiger partial charge is 0.497 e. The van der Waals surface area contributed by atoms with Crippen molar-refractivity contribution in [2.45, 2.75) is 26.9 Å². The van der Waals surface area contributed by atoms with Crippen LogP contribution in [0.3, 0.4) is 0 Å². The fraction of sp³-hybridized carbons (Fsp3) is 0.263. The maximum absolute atomic E-state index is 12.9. The monoisotopic (exact) mass is 367 g/mol. The molecule has 0 atom stereocenters. The van der Waals surface area contributed by atoms with E-state index in [4.69, 9.17) is 9.47 Å². The molecule has 0 saturated carbocycles. The molecule has 2 aromatic carbocycles. The number of amides is 1. The van der Waals surface area contributed by atoms with Gasteiger partial charge in [0.25, 0.3) is 5.91 Å². The van der Waals surface area contributed by atoms with Gasteiger partial charge in [-0.3, -0.25) is 4.79 Å². The number of carbonyl (C=O) groups is 1. The quantitative estimate of drug-likeness (QED) is 0.720. The molecule has 1 amide bonds. The van der Waals surface area contributed by atoms with Crippen molar-refractivity contribution in [1.82, 2.24) is 20.2 Å². The Morgan fingerprint density at radius 2 is 2.00 bits per heavy atom. The number of nitrogens with one attached hydrogen (secondary N) is 1. The number of aryl methyl sites for hydroxylation is 1. The van der Waals surface area contributed by atoms with E-state index in [2.05, 4.69) is 20.8 Å². The number of carbonyl (C=O) groups excluding carboxylic acids is 1. The highest BCUT2D eigenvalue weighted by atomic mass is 16.5. The van der Waals surface area contributed by atoms with Gasteiger partial charge in [-0.25, -0.2) is 4.68 Å². The Labute approximate surface area is 157 Å². The first-order valence-electron chi connectivity index (χ1n) is 8.48. The van der Waals surface area contributed by atoms with Crippen molar-refractivity contribution in [2.75, 3.05) is 12.4 Å². The highest BCUT2D eigenvalue weighted by Gasteiger charge is 2.16. The van der Waals surface area contributed by atoms with Gasteiger partial charge in [0.2, 0.25) is 0 Å². The first-order valence-corrected chi connectivity index (χ1v) is 8.48. The number of hydrogen-bond acceptors (Lipinski definition) is 6. The van der Waals surface area contributed by atoms with E-state index < -0.39 is 0 Å². The predicted octanol–water partition coefficient (Wildman–Crippen LogP) is 3.02. The summed E-state index contributed by atoms with van der Waals surface area (Å²) >= 11 is 0. The molecule has 0 unspecified atom stereocenters. The van der Waals surface area contributed by atoms with E-state index in [0.29, 0.717) is 22.7 Å². The van der Waals surface area contributed by atoms with Crippen molar-refractivity contribution < 1.29 is 14.3 Å². The smallest absolute Gasteiger partial charge is 0.259 e. The molecule has 8 nitrogen and oxygen atoms in total. The van der Waals surface area contributed by atoms with Gasteiger partial charge >= 0.3 is 0 Å². The summed E-state index contributed by atoms with van der Waals surface area (Å²) in [6.45, 7) is 5.72. The zero-order chi connectivity index (χ0) is 19.4. The number of ether oxygens (including phenoxy) is 2. The fourth-order valence-electron chi connectivity index (χ4n) is 2.53. The van der Waals surface area contributed by atoms with Gasteiger partial charge < -0.3 is 14.8 Å². The molecule has 0 spiro atoms. The first kappa shape index (κ1) is 18.4. The van der Waals surface area contributed by atoms with Crippen LogP contribution in [0.15, 0.2) is 42.7 Å². The molecule has 0 bridgehead atoms. The lowest BCUT2D eigenvalue weighted by Crippen LogP contribution is -2.16. The van der Waals surface area contributed by atoms with Crippen LogP contribution in [0.4, 0.5) is 5.69 Å². The van der Waals surface area contributed by atoms with Crippen molar-refractivity contribution in [3.05, 3.63) is 53.9 Å². The van der Waals surface area contributed by atoms with Crippen molar-refractivity contribution in [3.63, 3.8) is 0 Å². The molecular formula is C19H21N5O3. The molecule has 0 radical (unpaired) electrons. The van der Waals surface area contributed by atoms with Crippen molar-refractivity contribution in [1.29, 1.82) is 0 Å². The molecule has 0 aliphatic heterocycles. The van der Waals surface area contributed by atoms with Crippen LogP contribution in [0.1, 0.15) is 29.8 Å². The predicted molar refractivity (Wildman–Crippen MR) is 101 cm³/mol. The number of tetrazole rings is 1. The van der Waals surface area contributed by atoms with E-state index >= 15 is 0 Å². The molecule has 3 rings (SSSR count). The van der Waals surface area contributed by atoms with E-state index in [1.165, 1.54) is 11.0 Å². The molecule has 3 aromatic rings. The number of anilines is 1. The Bertz CT molecular complexity index is 939. The standard InChI is InChI=1S/C19H21N5O3/c1-12(2)27-18-10-15(26-4)7-8-16(18)19(25)21-17-9-14(6-5-13(17)3)24-11-20-22-23-24/h5-12H,1-4H3,(H,21,25). The van der Waals surface area contributed by atoms with E-state index in [1.54, 1.807) is 25.3 Å². The second kappa shape index (κ2) is 7.86. The number of aromatic nitrogens is 4. The van der Waals surface area contributed by atoms with Gasteiger partial charge in [-0.05, 0) is 61.0 Å². The lowest BCUT2D eigenvalue weighted by molar-refractivity contribution is 0.102. The molecule has 8 heteroatoms. The Balaban J connectivity index is 1.90. The van der Waals surface area contributed by atoms with Gasteiger partial charge in [0.05, 0.1) is 24.5 Å². The van der Waals surface area contributed by atoms with Crippen LogP contribution < -0.4 is 14.8 Å². The summed E-state index contributed by atoms with van der Waals surface area (Å²) in [5.41, 5.74) is 2.75. The summed E-state index contributed by atoms with van der Waals surface area (Å²) in [6.07, 6.45) is 1.42. The van der Waals surface area contributed by atoms with E-state index in [0.717, 1.165) is 11.3 Å². The van der Waals surface area contributed by atoms with Crippen LogP contribution in [0, 0.1) is 6.92 Å². The van der Waals surface area contributed by atoms with Crippen LogP contribution in [0.2, 0.25) is 0 Å². The van der Waals surface area contributed by atoms with Crippen LogP contribution in [-0.4, -0.2) is 39.3 Å². The summed E-state index contributed by atoms with van der Waals surface area (Å²) in [7, 11) is 1.57. The van der Waals surface area contributed by atoms with E-state index in [1.807, 2.05) is 39.0 Å². The van der Waals surface area contributed by atoms with Crippen LogP contribution in [0.25, 0.3) is 5.69 Å². The average molecular weight is 367 g/mol. The maximum atomic E-state index is 12.9. The highest BCUT2D eigenvalue weighted by molar-refractivity contribution is 6.06. The Kier molecular flexibility index (Phi) is 5.35. The third-order valence-electron chi connectivity index (χ3n) is 3.88. The second-order valence-corrected chi connectivity index (χ2v) is 6.24. The van der Waals surface area contributed by atoms with Gasteiger partial charge in [-0.1, -0.05) is 6.07 Å². The van der Waals surface area contributed by atoms with Crippen LogP contribution in [0.5, 0.6) is 11.5 Å². The molecule has 0 fully saturated rings. The van der Waals surface area contributed by atoms with Crippen molar-refractivity contribution >= 4 is 11.6 Å². The minimum absolute atomic E-state index is 0.0754. The van der Waals surface area contributed by atoms with Crippen LogP contribution in [-0.2, 0) is 0 Å². The molecule has 0 aliphatic carbocycles. The van der Waals surface area contributed by atoms with E-state index in [-0.39, 0.29) is 12.0 Å². The summed E-state index contributed by atoms with van der Waals surface area (Å²) in [4.78, 5) is 12.9. The zero-order valence-electron chi connectivity index (χ0n) is 15.6. The zero-order valence-corrected chi connectivity index (χ0v) is 15.6. The molecule has 1 N–H and O–H groups in total. The van der Waals surface area contributed by atoms with Gasteiger partial charge in [0.1, 0.15) is 17.8 Å². The minimum Gasteiger partial charge on any atom is -0.497 e. The summed E-state index contributed by atoms with van der Waals surface area (Å²) in [5, 5.41) is 14.1. The molecule has 0 aliphatic rings. The maximum Gasteiger partial charge on any atom is 0.259 e. The summed E-state index contributed by atoms with van der Waals surface area (Å²) in [6, 6.07) is 10.7. The number of benzene rings is 2. The second-order valence-electron chi connectivity index (χ2n) is 6.24. The van der Waals surface area contributed by atoms with Gasteiger partial charge in [-0.2, -0.15) is 0 Å². The Morgan fingerprint density at radius 3 is 2.67 bits per heavy atom. The van der Waals surface area contributed by atoms with Crippen molar-refractivity contribution in [2.24, 2.45) is 0 Å². The molecule has 1 aromatic heterocycles. The normalized spacial score (nSPS) is 10.7. The van der Waals surface area contributed by atoms with Crippen molar-refractivity contribution in [3.8, 4) is 17.2 Å². The molecular weight excluding hydrogens is 346 g/mol. The third kappa shape index (κ3) is 4.22. The summed E-state index contributed by atoms with van der Waals surface area (Å²) < 4.78 is 12.5. The number of nitrogens with zero attached hydrogens (tertiary/aromatic N) is 4. The van der Waals surface area contributed by atoms with Crippen LogP contribution >= 0.6 is 0 Å². The average Bonchev–Trinajstić information content (AvgIpc) is 3.17. The SMILES string of the molecule is COc1ccc(C(=O)Nc2cc(-n3cnnn3)ccc2C)c(OC(C)C)c1. The number of hydrogen-bond donors (Lipinski definition) is 1. The summed E-state index contributed by atoms with van der Waals surface area (Å²) in [5.74, 6) is 0.820. The minimum atomic E-state index is -0.273. The molecule has 0 saturated heterocycles.